The molecule has 3 atom stereocenters. The fourth-order valence-electron chi connectivity index (χ4n) is 9.66. The number of aromatic nitrogens is 2. The number of carbonyl (C=O) groups excluding carboxylic acids is 6. The number of piperidine rings is 1. The van der Waals surface area contributed by atoms with Gasteiger partial charge in [-0.2, -0.15) is 13.2 Å². The topological polar surface area (TPSA) is 217 Å². The zero-order valence-electron chi connectivity index (χ0n) is 43.3. The number of halogens is 5. The molecule has 0 saturated carbocycles. The second-order valence-electron chi connectivity index (χ2n) is 19.2. The van der Waals surface area contributed by atoms with E-state index >= 15 is 4.39 Å². The molecule has 1 aromatic heterocycles. The second-order valence-corrected chi connectivity index (χ2v) is 19.2. The number of imide groups is 2. The lowest BCUT2D eigenvalue weighted by Gasteiger charge is -2.44. The number of hydrogen-bond acceptors (Lipinski definition) is 16. The Hall–Kier alpha value is -7.19. The van der Waals surface area contributed by atoms with Gasteiger partial charge in [-0.25, -0.2) is 18.7 Å². The second kappa shape index (κ2) is 25.5. The predicted molar refractivity (Wildman–Crippen MR) is 274 cm³/mol. The zero-order valence-corrected chi connectivity index (χ0v) is 43.3. The van der Waals surface area contributed by atoms with Crippen LogP contribution in [0.3, 0.4) is 0 Å². The Morgan fingerprint density at radius 1 is 0.756 bits per heavy atom. The minimum absolute atomic E-state index is 0.00810. The summed E-state index contributed by atoms with van der Waals surface area (Å²) in [4.78, 5) is 94.2. The first-order valence-electron chi connectivity index (χ1n) is 25.6. The number of fused-ring (bicyclic) bond motifs is 1. The molecule has 4 aliphatic heterocycles. The Labute approximate surface area is 446 Å². The van der Waals surface area contributed by atoms with Crippen LogP contribution in [0.1, 0.15) is 69.7 Å². The van der Waals surface area contributed by atoms with E-state index in [4.69, 9.17) is 18.9 Å². The van der Waals surface area contributed by atoms with Gasteiger partial charge in [0.1, 0.15) is 17.7 Å². The van der Waals surface area contributed by atoms with Crippen LogP contribution in [0, 0.1) is 11.6 Å². The number of nitrogens with one attached hydrogen (secondary N) is 3. The number of ether oxygens (including phenoxy) is 4. The number of alkyl halides is 3. The molecule has 1 unspecified atom stereocenters. The van der Waals surface area contributed by atoms with E-state index in [1.807, 2.05) is 30.7 Å². The standard InChI is InChI=1S/C53H61F5N10O10/c1-32-30-67(31-33(2)64(32)3)44-27-40(55)38(26-42(44)62-48(71)36-8-7-35(54)25-39(36)53(56,57)58)34-28-60-52(61-29-34)66-15-13-65(14-16-66)46(70)11-17-75-19-21-77-23-24-78-22-20-76-18-12-59-41-6-4-5-37-47(41)51(74)68(50(37)73)43-9-10-45(69)63-49(43)72/h4-8,25-29,32-33,43,59H,9-24,30-31H2,1-3H3,(H,62,71)(H,63,69,72)/t32-,33+,43?. The fourth-order valence-corrected chi connectivity index (χ4v) is 9.66. The maximum Gasteiger partial charge on any atom is 0.417 e. The van der Waals surface area contributed by atoms with Gasteiger partial charge in [0.15, 0.2) is 0 Å². The Morgan fingerprint density at radius 3 is 2.04 bits per heavy atom. The van der Waals surface area contributed by atoms with E-state index in [9.17, 15) is 46.3 Å². The number of nitrogens with zero attached hydrogens (tertiary/aromatic N) is 7. The van der Waals surface area contributed by atoms with Crippen LogP contribution in [-0.4, -0.2) is 184 Å². The summed E-state index contributed by atoms with van der Waals surface area (Å²) in [5.41, 5.74) is -0.898. The first-order valence-corrected chi connectivity index (χ1v) is 25.6. The van der Waals surface area contributed by atoms with Crippen LogP contribution in [0.4, 0.5) is 45.0 Å². The molecule has 418 valence electrons. The lowest BCUT2D eigenvalue weighted by Crippen LogP contribution is -2.55. The molecule has 3 N–H and O–H groups in total. The average Bonchev–Trinajstić information content (AvgIpc) is 3.74. The highest BCUT2D eigenvalue weighted by atomic mass is 19.4. The van der Waals surface area contributed by atoms with E-state index in [1.165, 1.54) is 30.6 Å². The fraction of sp³-hybridized carbons (Fsp3) is 0.472. The van der Waals surface area contributed by atoms with E-state index in [1.54, 1.807) is 17.0 Å². The molecule has 6 amide bonds. The molecule has 3 fully saturated rings. The van der Waals surface area contributed by atoms with Crippen molar-refractivity contribution in [3.8, 4) is 11.1 Å². The van der Waals surface area contributed by atoms with Crippen molar-refractivity contribution in [1.82, 2.24) is 30.0 Å². The summed E-state index contributed by atoms with van der Waals surface area (Å²) in [5, 5.41) is 7.86. The molecule has 0 radical (unpaired) electrons. The Morgan fingerprint density at radius 2 is 1.40 bits per heavy atom. The number of likely N-dealkylation sites (N-methyl/N-ethyl adjacent to an activating group) is 1. The molecule has 0 aliphatic carbocycles. The van der Waals surface area contributed by atoms with Crippen molar-refractivity contribution in [3.05, 3.63) is 94.8 Å². The van der Waals surface area contributed by atoms with Crippen molar-refractivity contribution in [2.75, 3.05) is 126 Å². The molecule has 3 aromatic carbocycles. The van der Waals surface area contributed by atoms with Gasteiger partial charge < -0.3 is 44.3 Å². The van der Waals surface area contributed by atoms with Crippen LogP contribution in [-0.2, 0) is 39.5 Å². The van der Waals surface area contributed by atoms with E-state index in [0.29, 0.717) is 90.5 Å². The first kappa shape index (κ1) is 57.0. The molecule has 4 aliphatic rings. The van der Waals surface area contributed by atoms with Gasteiger partial charge in [0.2, 0.25) is 23.7 Å². The van der Waals surface area contributed by atoms with Gasteiger partial charge in [-0.1, -0.05) is 6.07 Å². The number of anilines is 4. The van der Waals surface area contributed by atoms with E-state index in [2.05, 4.69) is 30.8 Å². The molecule has 20 nitrogen and oxygen atoms in total. The summed E-state index contributed by atoms with van der Waals surface area (Å²) in [6.07, 6.45) is -1.92. The largest absolute Gasteiger partial charge is 0.417 e. The number of piperazine rings is 2. The summed E-state index contributed by atoms with van der Waals surface area (Å²) < 4.78 is 94.2. The number of benzene rings is 3. The van der Waals surface area contributed by atoms with Crippen molar-refractivity contribution in [3.63, 3.8) is 0 Å². The third kappa shape index (κ3) is 13.5. The number of rotatable bonds is 22. The molecule has 78 heavy (non-hydrogen) atoms. The van der Waals surface area contributed by atoms with Crippen molar-refractivity contribution in [1.29, 1.82) is 0 Å². The van der Waals surface area contributed by atoms with Gasteiger partial charge in [-0.05, 0) is 69.8 Å². The Balaban J connectivity index is 0.710. The Kier molecular flexibility index (Phi) is 18.6. The lowest BCUT2D eigenvalue weighted by atomic mass is 10.0. The molecular formula is C53H61F5N10O10. The van der Waals surface area contributed by atoms with E-state index < -0.39 is 64.5 Å². The maximum absolute atomic E-state index is 16.1. The summed E-state index contributed by atoms with van der Waals surface area (Å²) >= 11 is 0. The summed E-state index contributed by atoms with van der Waals surface area (Å²) in [5.74, 6) is -5.01. The van der Waals surface area contributed by atoms with Crippen molar-refractivity contribution in [2.45, 2.75) is 57.4 Å². The van der Waals surface area contributed by atoms with E-state index in [-0.39, 0.29) is 96.8 Å². The number of amides is 6. The highest BCUT2D eigenvalue weighted by molar-refractivity contribution is 6.25. The molecule has 25 heteroatoms. The van der Waals surface area contributed by atoms with E-state index in [0.717, 1.165) is 17.0 Å². The lowest BCUT2D eigenvalue weighted by molar-refractivity contribution is -0.138. The summed E-state index contributed by atoms with van der Waals surface area (Å²) in [7, 11) is 1.96. The highest BCUT2D eigenvalue weighted by Gasteiger charge is 2.46. The van der Waals surface area contributed by atoms with Crippen LogP contribution < -0.4 is 25.8 Å². The SMILES string of the molecule is C[C@@H]1CN(c2cc(F)c(-c3cnc(N4CCN(C(=O)CCOCCOCCOCCOCCNc5cccc6c5C(=O)N(C5CCC(=O)NC5=O)C6=O)CC4)nc3)cc2NC(=O)c2ccc(F)cc2C(F)(F)F)C[C@H](C)N1C. The van der Waals surface area contributed by atoms with Crippen molar-refractivity contribution >= 4 is 58.5 Å². The minimum atomic E-state index is -5.02. The predicted octanol–water partition coefficient (Wildman–Crippen LogP) is 4.84. The molecular weight excluding hydrogens is 1030 g/mol. The maximum atomic E-state index is 16.1. The molecule has 4 aromatic rings. The molecule has 3 saturated heterocycles. The average molecular weight is 1090 g/mol. The van der Waals surface area contributed by atoms with Crippen LogP contribution >= 0.6 is 0 Å². The van der Waals surface area contributed by atoms with Gasteiger partial charge in [0.25, 0.3) is 17.7 Å². The summed E-state index contributed by atoms with van der Waals surface area (Å²) in [6, 6.07) is 8.19. The van der Waals surface area contributed by atoms with Gasteiger partial charge >= 0.3 is 6.18 Å². The highest BCUT2D eigenvalue weighted by Crippen LogP contribution is 2.38. The van der Waals surface area contributed by atoms with Gasteiger partial charge in [0.05, 0.1) is 92.9 Å². The van der Waals surface area contributed by atoms with Crippen LogP contribution in [0.5, 0.6) is 0 Å². The first-order chi connectivity index (χ1) is 37.4. The van der Waals surface area contributed by atoms with Gasteiger partial charge in [-0.15, -0.1) is 0 Å². The van der Waals surface area contributed by atoms with Crippen LogP contribution in [0.25, 0.3) is 11.1 Å². The smallest absolute Gasteiger partial charge is 0.382 e. The van der Waals surface area contributed by atoms with Crippen molar-refractivity contribution in [2.24, 2.45) is 0 Å². The van der Waals surface area contributed by atoms with Gasteiger partial charge in [0, 0.05) is 93.5 Å². The quantitative estimate of drug-likeness (QED) is 0.0545. The normalized spacial score (nSPS) is 19.1. The van der Waals surface area contributed by atoms with Crippen LogP contribution in [0.2, 0.25) is 0 Å². The molecule has 5 heterocycles. The molecule has 8 rings (SSSR count). The van der Waals surface area contributed by atoms with Crippen molar-refractivity contribution < 1.29 is 69.7 Å². The zero-order chi connectivity index (χ0) is 55.7. The molecule has 0 bridgehead atoms. The molecule has 0 spiro atoms. The third-order valence-electron chi connectivity index (χ3n) is 14.0. The summed E-state index contributed by atoms with van der Waals surface area (Å²) in [6.45, 7) is 9.15. The number of carbonyl (C=O) groups is 6. The van der Waals surface area contributed by atoms with Gasteiger partial charge in [-0.3, -0.25) is 43.9 Å². The van der Waals surface area contributed by atoms with Crippen LogP contribution in [0.15, 0.2) is 60.9 Å². The Bertz CT molecular complexity index is 2840. The monoisotopic (exact) mass is 1090 g/mol. The number of hydrogen-bond donors (Lipinski definition) is 3. The third-order valence-corrected chi connectivity index (χ3v) is 14.0. The minimum Gasteiger partial charge on any atom is -0.382 e.